The Balaban J connectivity index is 1.29. The van der Waals surface area contributed by atoms with Gasteiger partial charge in [0, 0.05) is 71.7 Å². The van der Waals surface area contributed by atoms with Crippen LogP contribution in [-0.4, -0.2) is 94.2 Å². The fraction of sp³-hybridized carbons (Fsp3) is 0.818. The van der Waals surface area contributed by atoms with Crippen molar-refractivity contribution in [2.24, 2.45) is 13.0 Å². The molecule has 29 heavy (non-hydrogen) atoms. The van der Waals surface area contributed by atoms with E-state index in [4.69, 9.17) is 4.74 Å². The fourth-order valence-electron chi connectivity index (χ4n) is 5.29. The van der Waals surface area contributed by atoms with Crippen LogP contribution in [0.1, 0.15) is 50.0 Å². The molecule has 1 aromatic rings. The highest BCUT2D eigenvalue weighted by Crippen LogP contribution is 2.37. The number of hydrogen-bond donors (Lipinski definition) is 0. The monoisotopic (exact) mass is 403 g/mol. The van der Waals surface area contributed by atoms with Gasteiger partial charge in [-0.1, -0.05) is 13.8 Å². The summed E-state index contributed by atoms with van der Waals surface area (Å²) in [5.41, 5.74) is 0.504. The highest BCUT2D eigenvalue weighted by Gasteiger charge is 2.43. The van der Waals surface area contributed by atoms with E-state index >= 15 is 0 Å². The van der Waals surface area contributed by atoms with Crippen LogP contribution in [0, 0.1) is 5.92 Å². The Bertz CT molecular complexity index is 687. The summed E-state index contributed by atoms with van der Waals surface area (Å²) in [5, 5.41) is 0. The smallest absolute Gasteiger partial charge is 0.274 e. The molecule has 1 atom stereocenters. The lowest BCUT2D eigenvalue weighted by Gasteiger charge is -2.49. The van der Waals surface area contributed by atoms with Crippen LogP contribution in [0.5, 0.6) is 0 Å². The van der Waals surface area contributed by atoms with E-state index in [1.54, 1.807) is 12.5 Å². The van der Waals surface area contributed by atoms with Gasteiger partial charge in [-0.15, -0.1) is 0 Å². The number of amides is 1. The molecule has 1 amide bonds. The van der Waals surface area contributed by atoms with Crippen LogP contribution < -0.4 is 0 Å². The van der Waals surface area contributed by atoms with Crippen molar-refractivity contribution in [2.45, 2.75) is 51.2 Å². The highest BCUT2D eigenvalue weighted by molar-refractivity contribution is 5.92. The van der Waals surface area contributed by atoms with Crippen LogP contribution in [0.2, 0.25) is 0 Å². The number of hydrogen-bond acceptors (Lipinski definition) is 5. The number of imidazole rings is 1. The lowest BCUT2D eigenvalue weighted by Crippen LogP contribution is -2.57. The molecular weight excluding hydrogens is 366 g/mol. The molecular formula is C22H37N5O2. The third-order valence-electron chi connectivity index (χ3n) is 6.90. The van der Waals surface area contributed by atoms with Gasteiger partial charge in [0.1, 0.15) is 5.69 Å². The molecule has 3 fully saturated rings. The Kier molecular flexibility index (Phi) is 6.27. The van der Waals surface area contributed by atoms with Crippen molar-refractivity contribution >= 4 is 5.91 Å². The molecule has 3 aliphatic rings. The summed E-state index contributed by atoms with van der Waals surface area (Å²) in [6.45, 7) is 12.9. The first kappa shape index (κ1) is 20.8. The van der Waals surface area contributed by atoms with Crippen LogP contribution >= 0.6 is 0 Å². The van der Waals surface area contributed by atoms with E-state index in [1.165, 1.54) is 32.7 Å². The van der Waals surface area contributed by atoms with Gasteiger partial charge in [0.05, 0.1) is 11.9 Å². The Morgan fingerprint density at radius 2 is 1.93 bits per heavy atom. The first-order chi connectivity index (χ1) is 13.9. The van der Waals surface area contributed by atoms with Gasteiger partial charge in [-0.3, -0.25) is 9.69 Å². The summed E-state index contributed by atoms with van der Waals surface area (Å²) in [6.07, 6.45) is 7.63. The summed E-state index contributed by atoms with van der Waals surface area (Å²) in [4.78, 5) is 24.2. The molecule has 4 rings (SSSR count). The number of ether oxygens (including phenoxy) is 1. The second kappa shape index (κ2) is 8.74. The summed E-state index contributed by atoms with van der Waals surface area (Å²) < 4.78 is 8.17. The predicted octanol–water partition coefficient (Wildman–Crippen LogP) is 1.85. The van der Waals surface area contributed by atoms with E-state index < -0.39 is 0 Å². The lowest BCUT2D eigenvalue weighted by atomic mass is 9.81. The van der Waals surface area contributed by atoms with Gasteiger partial charge >= 0.3 is 0 Å². The van der Waals surface area contributed by atoms with Crippen molar-refractivity contribution in [3.05, 3.63) is 18.2 Å². The van der Waals surface area contributed by atoms with Gasteiger partial charge in [-0.25, -0.2) is 4.98 Å². The van der Waals surface area contributed by atoms with Crippen LogP contribution in [0.25, 0.3) is 0 Å². The Morgan fingerprint density at radius 1 is 1.21 bits per heavy atom. The zero-order valence-corrected chi connectivity index (χ0v) is 18.3. The predicted molar refractivity (Wildman–Crippen MR) is 113 cm³/mol. The summed E-state index contributed by atoms with van der Waals surface area (Å²) >= 11 is 0. The van der Waals surface area contributed by atoms with E-state index in [9.17, 15) is 4.79 Å². The molecule has 0 radical (unpaired) electrons. The SMILES string of the molecule is CC(C)CN1CCN([C@@H]2CCOC3(CCN(C(=O)c4cn(C)cn4)CC3)C2)CC1. The zero-order valence-electron chi connectivity index (χ0n) is 18.3. The van der Waals surface area contributed by atoms with E-state index in [2.05, 4.69) is 28.6 Å². The van der Waals surface area contributed by atoms with Crippen LogP contribution in [0.3, 0.4) is 0 Å². The van der Waals surface area contributed by atoms with Crippen LogP contribution in [0.15, 0.2) is 12.5 Å². The number of rotatable bonds is 4. The molecule has 0 aromatic carbocycles. The number of piperazine rings is 1. The summed E-state index contributed by atoms with van der Waals surface area (Å²) in [7, 11) is 1.90. The normalized spacial score (nSPS) is 26.3. The Morgan fingerprint density at radius 3 is 2.55 bits per heavy atom. The fourth-order valence-corrected chi connectivity index (χ4v) is 5.29. The number of likely N-dealkylation sites (tertiary alicyclic amines) is 1. The standard InChI is InChI=1S/C22H37N5O2/c1-18(2)15-25-9-11-26(12-10-25)19-4-13-29-22(14-19)5-7-27(8-6-22)21(28)20-16-24(3)17-23-20/h16-19H,4-15H2,1-3H3/t19-/m1/s1. The van der Waals surface area contributed by atoms with E-state index in [-0.39, 0.29) is 11.5 Å². The van der Waals surface area contributed by atoms with Gasteiger partial charge in [0.25, 0.3) is 5.91 Å². The second-order valence-electron chi connectivity index (χ2n) is 9.63. The molecule has 0 unspecified atom stereocenters. The minimum atomic E-state index is -0.0428. The number of piperidine rings is 1. The molecule has 162 valence electrons. The second-order valence-corrected chi connectivity index (χ2v) is 9.63. The molecule has 1 spiro atoms. The van der Waals surface area contributed by atoms with Crippen molar-refractivity contribution in [3.63, 3.8) is 0 Å². The average molecular weight is 404 g/mol. The first-order valence-corrected chi connectivity index (χ1v) is 11.3. The number of carbonyl (C=O) groups is 1. The van der Waals surface area contributed by atoms with Crippen molar-refractivity contribution < 1.29 is 9.53 Å². The Hall–Kier alpha value is -1.44. The average Bonchev–Trinajstić information content (AvgIpc) is 3.15. The van der Waals surface area contributed by atoms with Crippen LogP contribution in [-0.2, 0) is 11.8 Å². The quantitative estimate of drug-likeness (QED) is 0.768. The number of aromatic nitrogens is 2. The molecule has 7 heteroatoms. The molecule has 4 heterocycles. The zero-order chi connectivity index (χ0) is 20.4. The molecule has 7 nitrogen and oxygen atoms in total. The number of nitrogens with zero attached hydrogens (tertiary/aromatic N) is 5. The molecule has 3 aliphatic heterocycles. The summed E-state index contributed by atoms with van der Waals surface area (Å²) in [5.74, 6) is 0.793. The maximum atomic E-state index is 12.7. The molecule has 3 saturated heterocycles. The third-order valence-corrected chi connectivity index (χ3v) is 6.90. The topological polar surface area (TPSA) is 53.8 Å². The van der Waals surface area contributed by atoms with Gasteiger partial charge in [-0.05, 0) is 31.6 Å². The van der Waals surface area contributed by atoms with Gasteiger partial charge in [-0.2, -0.15) is 0 Å². The lowest BCUT2D eigenvalue weighted by molar-refractivity contribution is -0.132. The Labute approximate surface area is 175 Å². The molecule has 0 bridgehead atoms. The third kappa shape index (κ3) is 4.84. The maximum Gasteiger partial charge on any atom is 0.274 e. The van der Waals surface area contributed by atoms with Crippen molar-refractivity contribution in [1.29, 1.82) is 0 Å². The number of carbonyl (C=O) groups excluding carboxylic acids is 1. The van der Waals surface area contributed by atoms with Gasteiger partial charge in [0.15, 0.2) is 0 Å². The number of aryl methyl sites for hydroxylation is 1. The minimum absolute atomic E-state index is 0.0428. The maximum absolute atomic E-state index is 12.7. The molecule has 1 aromatic heterocycles. The first-order valence-electron chi connectivity index (χ1n) is 11.3. The van der Waals surface area contributed by atoms with Crippen molar-refractivity contribution in [2.75, 3.05) is 52.4 Å². The van der Waals surface area contributed by atoms with Gasteiger partial charge in [0.2, 0.25) is 0 Å². The molecule has 0 aliphatic carbocycles. The largest absolute Gasteiger partial charge is 0.375 e. The minimum Gasteiger partial charge on any atom is -0.375 e. The van der Waals surface area contributed by atoms with E-state index in [0.29, 0.717) is 11.7 Å². The van der Waals surface area contributed by atoms with Crippen molar-refractivity contribution in [1.82, 2.24) is 24.3 Å². The van der Waals surface area contributed by atoms with E-state index in [1.807, 2.05) is 16.5 Å². The van der Waals surface area contributed by atoms with Crippen molar-refractivity contribution in [3.8, 4) is 0 Å². The van der Waals surface area contributed by atoms with Crippen LogP contribution in [0.4, 0.5) is 0 Å². The summed E-state index contributed by atoms with van der Waals surface area (Å²) in [6, 6.07) is 0.628. The highest BCUT2D eigenvalue weighted by atomic mass is 16.5. The molecule has 0 N–H and O–H groups in total. The van der Waals surface area contributed by atoms with E-state index in [0.717, 1.165) is 51.3 Å². The molecule has 0 saturated carbocycles. The van der Waals surface area contributed by atoms with Gasteiger partial charge < -0.3 is 19.1 Å².